The van der Waals surface area contributed by atoms with E-state index in [1.165, 1.54) is 31.2 Å². The Morgan fingerprint density at radius 1 is 0.824 bits per heavy atom. The summed E-state index contributed by atoms with van der Waals surface area (Å²) in [5.74, 6) is -3.89. The van der Waals surface area contributed by atoms with Crippen molar-refractivity contribution in [3.8, 4) is 23.5 Å². The van der Waals surface area contributed by atoms with Crippen LogP contribution >= 0.6 is 11.3 Å². The van der Waals surface area contributed by atoms with Crippen LogP contribution in [0.3, 0.4) is 0 Å². The zero-order valence-electron chi connectivity index (χ0n) is 53.0. The molecule has 24 nitrogen and oxygen atoms in total. The second kappa shape index (κ2) is 34.5. The zero-order chi connectivity index (χ0) is 66.4. The number of alkyl carbamates (subject to hydrolysis) is 1. The van der Waals surface area contributed by atoms with Gasteiger partial charge in [-0.15, -0.1) is 23.7 Å². The molecule has 0 unspecified atom stereocenters. The summed E-state index contributed by atoms with van der Waals surface area (Å²) >= 11 is 1.06. The number of fused-ring (bicyclic) bond motifs is 3. The highest BCUT2D eigenvalue weighted by Crippen LogP contribution is 2.44. The maximum Gasteiger partial charge on any atom is 0.407 e. The SMILES string of the molecule is C#CCCCON(C(=O)[C@@H](NC(=O)[C@H]1CCCCN1C)[C@@H](C)CC)[C@H](C[C@@H](OC(C)=O)c1nc(C(=O)N[C@@H](Cc2ccc(NC(=O)CNC(=O)CNC(=O)CNC(=O)CNC(=O)OCC3c4ccccc4-c4ccccc43)cc2)CC(C)(C)C(=O)O)cs1)C(C)C. The minimum atomic E-state index is -1.29. The number of carbonyl (C=O) groups excluding carboxylic acids is 9. The lowest BCUT2D eigenvalue weighted by molar-refractivity contribution is -0.213. The molecule has 4 aromatic rings. The molecule has 6 rings (SSSR count). The number of benzene rings is 3. The lowest BCUT2D eigenvalue weighted by Crippen LogP contribution is -2.58. The Morgan fingerprint density at radius 2 is 1.43 bits per heavy atom. The lowest BCUT2D eigenvalue weighted by atomic mass is 9.84. The first-order valence-corrected chi connectivity index (χ1v) is 31.6. The van der Waals surface area contributed by atoms with Crippen molar-refractivity contribution >= 4 is 76.4 Å². The molecule has 8 amide bonds. The summed E-state index contributed by atoms with van der Waals surface area (Å²) in [6.07, 6.45) is 7.75. The first kappa shape index (κ1) is 71.3. The van der Waals surface area contributed by atoms with Gasteiger partial charge in [0.25, 0.3) is 11.8 Å². The Morgan fingerprint density at radius 3 is 2.00 bits per heavy atom. The number of unbranched alkanes of at least 4 members (excludes halogenated alkanes) is 1. The van der Waals surface area contributed by atoms with Crippen LogP contribution in [0.2, 0.25) is 0 Å². The highest BCUT2D eigenvalue weighted by Gasteiger charge is 2.40. The molecule has 0 spiro atoms. The Labute approximate surface area is 535 Å². The zero-order valence-corrected chi connectivity index (χ0v) is 53.8. The van der Waals surface area contributed by atoms with E-state index >= 15 is 0 Å². The standard InChI is InChI=1S/C66H86N10O14S/c1-10-12-19-30-89-76(63(84)59(41(5)11-2)74-61(83)52-24-17-18-29-75(52)9)53(40(3)4)32-54(90-42(6)77)62-73-51(39-91-62)60(82)72-45(33-66(7,8)64(85)86)31-43-25-27-44(28-26-43)71-58(81)37-69-56(79)35-67-55(78)34-68-57(80)36-70-65(87)88-38-50-48-22-15-13-20-46(48)47-21-14-16-23-49(47)50/h1,13-16,20-23,25-28,39-41,45,50,52-54,59H,11-12,17-19,24,29-38H2,2-9H3,(H,67,78)(H,68,80)(H,69,79)(H,70,87)(H,71,81)(H,72,82)(H,74,83)(H,85,86)/t41-,45-,52+,53+,54+,59-/m0/s1. The number of anilines is 1. The fourth-order valence-corrected chi connectivity index (χ4v) is 11.6. The van der Waals surface area contributed by atoms with E-state index in [1.807, 2.05) is 88.2 Å². The van der Waals surface area contributed by atoms with Crippen molar-refractivity contribution in [2.75, 3.05) is 58.3 Å². The van der Waals surface area contributed by atoms with Crippen LogP contribution in [0.5, 0.6) is 0 Å². The summed E-state index contributed by atoms with van der Waals surface area (Å²) in [5.41, 5.74) is 3.91. The van der Waals surface area contributed by atoms with Gasteiger partial charge in [0, 0.05) is 42.8 Å². The van der Waals surface area contributed by atoms with Gasteiger partial charge in [0.2, 0.25) is 29.5 Å². The fraction of sp³-hybridized carbons (Fsp3) is 0.500. The first-order chi connectivity index (χ1) is 43.4. The van der Waals surface area contributed by atoms with E-state index in [9.17, 15) is 53.1 Å². The molecule has 1 aliphatic heterocycles. The molecule has 0 radical (unpaired) electrons. The van der Waals surface area contributed by atoms with Gasteiger partial charge in [-0.2, -0.15) is 0 Å². The van der Waals surface area contributed by atoms with Crippen molar-refractivity contribution < 1.29 is 67.4 Å². The average molecular weight is 1280 g/mol. The molecule has 0 bridgehead atoms. The van der Waals surface area contributed by atoms with Crippen LogP contribution in [0.4, 0.5) is 10.5 Å². The van der Waals surface area contributed by atoms with Gasteiger partial charge < -0.3 is 51.8 Å². The lowest BCUT2D eigenvalue weighted by Gasteiger charge is -2.39. The Bertz CT molecular complexity index is 3210. The molecule has 1 fully saturated rings. The van der Waals surface area contributed by atoms with Crippen molar-refractivity contribution in [2.45, 2.75) is 142 Å². The van der Waals surface area contributed by atoms with Gasteiger partial charge in [0.05, 0.1) is 43.7 Å². The normalized spacial score (nSPS) is 15.4. The predicted molar refractivity (Wildman–Crippen MR) is 341 cm³/mol. The van der Waals surface area contributed by atoms with Gasteiger partial charge in [0.15, 0.2) is 6.10 Å². The van der Waals surface area contributed by atoms with Gasteiger partial charge in [-0.1, -0.05) is 101 Å². The van der Waals surface area contributed by atoms with Crippen LogP contribution < -0.4 is 37.2 Å². The fourth-order valence-electron chi connectivity index (χ4n) is 10.8. The summed E-state index contributed by atoms with van der Waals surface area (Å²) in [6.45, 7) is 10.9. The largest absolute Gasteiger partial charge is 0.481 e. The quantitative estimate of drug-likeness (QED) is 0.0117. The number of amides is 8. The summed E-state index contributed by atoms with van der Waals surface area (Å²) in [7, 11) is 1.90. The Balaban J connectivity index is 0.995. The number of carbonyl (C=O) groups is 10. The Kier molecular flexibility index (Phi) is 27.0. The molecule has 0 saturated carbocycles. The number of hydrogen-bond acceptors (Lipinski definition) is 16. The number of likely N-dealkylation sites (N-methyl/N-ethyl adjacent to an activating group) is 1. The number of piperidine rings is 1. The maximum absolute atomic E-state index is 14.9. The van der Waals surface area contributed by atoms with Gasteiger partial charge in [-0.3, -0.25) is 52.9 Å². The molecule has 6 atom stereocenters. The number of nitrogens with one attached hydrogen (secondary N) is 7. The molecule has 2 aliphatic rings. The molecule has 1 aliphatic carbocycles. The van der Waals surface area contributed by atoms with E-state index in [4.69, 9.17) is 20.7 Å². The van der Waals surface area contributed by atoms with Gasteiger partial charge >= 0.3 is 18.0 Å². The van der Waals surface area contributed by atoms with Gasteiger partial charge in [-0.05, 0) is 111 Å². The number of rotatable bonds is 33. The van der Waals surface area contributed by atoms with Crippen molar-refractivity contribution in [3.05, 3.63) is 106 Å². The second-order valence-corrected chi connectivity index (χ2v) is 24.8. The van der Waals surface area contributed by atoms with Crippen LogP contribution in [-0.4, -0.2) is 157 Å². The number of aromatic nitrogens is 1. The molecular formula is C66H86N10O14S. The highest BCUT2D eigenvalue weighted by atomic mass is 32.1. The number of terminal acetylenes is 1. The summed E-state index contributed by atoms with van der Waals surface area (Å²) in [5, 5.41) is 31.3. The van der Waals surface area contributed by atoms with Crippen LogP contribution in [0.25, 0.3) is 11.1 Å². The van der Waals surface area contributed by atoms with Crippen LogP contribution in [0.1, 0.15) is 144 Å². The highest BCUT2D eigenvalue weighted by molar-refractivity contribution is 7.09. The predicted octanol–water partition coefficient (Wildman–Crippen LogP) is 6.02. The maximum atomic E-state index is 14.9. The van der Waals surface area contributed by atoms with E-state index in [-0.39, 0.29) is 66.8 Å². The molecule has 91 heavy (non-hydrogen) atoms. The minimum absolute atomic E-state index is 0.000753. The topological polar surface area (TPSA) is 322 Å². The first-order valence-electron chi connectivity index (χ1n) is 30.7. The number of ether oxygens (including phenoxy) is 2. The number of likely N-dealkylation sites (tertiary alicyclic amines) is 1. The molecule has 3 aromatic carbocycles. The third-order valence-corrected chi connectivity index (χ3v) is 17.0. The van der Waals surface area contributed by atoms with Gasteiger partial charge in [0.1, 0.15) is 29.9 Å². The summed E-state index contributed by atoms with van der Waals surface area (Å²) in [6, 6.07) is 19.5. The van der Waals surface area contributed by atoms with Crippen molar-refractivity contribution in [2.24, 2.45) is 17.3 Å². The monoisotopic (exact) mass is 1270 g/mol. The van der Waals surface area contributed by atoms with E-state index in [2.05, 4.69) is 48.1 Å². The van der Waals surface area contributed by atoms with E-state index in [1.54, 1.807) is 24.3 Å². The number of aliphatic carboxylic acids is 1. The number of nitrogens with zero attached hydrogens (tertiary/aromatic N) is 3. The minimum Gasteiger partial charge on any atom is -0.481 e. The van der Waals surface area contributed by atoms with Crippen molar-refractivity contribution in [3.63, 3.8) is 0 Å². The summed E-state index contributed by atoms with van der Waals surface area (Å²) in [4.78, 5) is 144. The smallest absolute Gasteiger partial charge is 0.407 e. The number of carboxylic acid groups (broad SMARTS) is 1. The number of thiazole rings is 1. The van der Waals surface area contributed by atoms with Crippen molar-refractivity contribution in [1.29, 1.82) is 0 Å². The molecule has 25 heteroatoms. The molecule has 8 N–H and O–H groups in total. The average Bonchev–Trinajstić information content (AvgIpc) is 1.65. The molecule has 490 valence electrons. The number of esters is 1. The molecule has 2 heterocycles. The van der Waals surface area contributed by atoms with E-state index in [0.29, 0.717) is 36.9 Å². The number of hydroxylamine groups is 2. The third-order valence-electron chi connectivity index (χ3n) is 16.1. The van der Waals surface area contributed by atoms with Crippen LogP contribution in [0.15, 0.2) is 78.2 Å². The van der Waals surface area contributed by atoms with Crippen molar-refractivity contribution in [1.82, 2.24) is 46.8 Å². The van der Waals surface area contributed by atoms with E-state index in [0.717, 1.165) is 53.0 Å². The van der Waals surface area contributed by atoms with E-state index < -0.39 is 115 Å². The third kappa shape index (κ3) is 21.2. The summed E-state index contributed by atoms with van der Waals surface area (Å²) < 4.78 is 11.3. The molecular weight excluding hydrogens is 1190 g/mol. The van der Waals surface area contributed by atoms with Crippen LogP contribution in [-0.2, 0) is 59.1 Å². The van der Waals surface area contributed by atoms with Gasteiger partial charge in [-0.25, -0.2) is 14.8 Å². The molecule has 1 aromatic heterocycles. The van der Waals surface area contributed by atoms with Crippen LogP contribution in [0, 0.1) is 29.6 Å². The molecule has 1 saturated heterocycles. The Hall–Kier alpha value is -8.73. The number of hydrogen-bond donors (Lipinski definition) is 8. The number of carboxylic acids is 1. The second-order valence-electron chi connectivity index (χ2n) is 23.9.